The van der Waals surface area contributed by atoms with Crippen molar-refractivity contribution in [2.45, 2.75) is 211 Å². The number of phenolic OH excluding ortho intramolecular Hbond substituents is 4. The van der Waals surface area contributed by atoms with Crippen LogP contribution in [-0.4, -0.2) is 45.3 Å². The Kier molecular flexibility index (Phi) is 45.7. The number of rotatable bonds is 15. The Labute approximate surface area is 693 Å². The predicted octanol–water partition coefficient (Wildman–Crippen LogP) is 29.1. The summed E-state index contributed by atoms with van der Waals surface area (Å²) >= 11 is -2.22. The number of hydrogen-bond donors (Lipinski definition) is 4. The molecule has 0 aliphatic heterocycles. The van der Waals surface area contributed by atoms with Gasteiger partial charge in [0.15, 0.2) is 0 Å². The molecule has 4 N–H and O–H groups in total. The molecular formula is C85H100Cl8N4O4Ti4. The first-order valence-electron chi connectivity index (χ1n) is 36.8. The molecule has 8 aromatic rings. The van der Waals surface area contributed by atoms with E-state index in [9.17, 15) is 20.4 Å². The van der Waals surface area contributed by atoms with Crippen molar-refractivity contribution in [2.75, 3.05) is 0 Å². The minimum absolute atomic E-state index is 0.303. The van der Waals surface area contributed by atoms with E-state index in [1.165, 1.54) is 164 Å². The fourth-order valence-electron chi connectivity index (χ4n) is 14.1. The van der Waals surface area contributed by atoms with E-state index in [1.54, 1.807) is 12.4 Å². The molecule has 5 fully saturated rings. The van der Waals surface area contributed by atoms with Gasteiger partial charge < -0.3 is 20.4 Å². The van der Waals surface area contributed by atoms with Gasteiger partial charge >= 0.3 is 143 Å². The third-order valence-corrected chi connectivity index (χ3v) is 19.7. The summed E-state index contributed by atoms with van der Waals surface area (Å²) in [6.45, 7) is 8.34. The van der Waals surface area contributed by atoms with Crippen LogP contribution in [0.5, 0.6) is 23.0 Å². The van der Waals surface area contributed by atoms with Crippen LogP contribution >= 0.6 is 74.4 Å². The molecule has 20 heteroatoms. The second kappa shape index (κ2) is 52.9. The third kappa shape index (κ3) is 32.6. The van der Waals surface area contributed by atoms with E-state index in [0.29, 0.717) is 58.5 Å². The Balaban J connectivity index is 0.000000208. The Morgan fingerprint density at radius 1 is 0.343 bits per heavy atom. The average molecular weight is 1720 g/mol. The second-order valence-electron chi connectivity index (χ2n) is 27.3. The van der Waals surface area contributed by atoms with E-state index < -0.39 is 68.1 Å². The molecule has 0 bridgehead atoms. The molecule has 0 atom stereocenters. The standard InChI is InChI=1S/C22H25NO.C22H27NO.C21H25NO.C20H23NO.8ClH.4Ti/c24-22-19(15-23-20-9-5-2-6-10-20)13-18(14-21(22)17-11-12-17)16-7-3-1-4-8-16;1-16(2)21-14-18(17-9-5-3-6-10-17)13-19(22(21)24)15-23-20-11-7-4-8-12-20;1-2-16-13-18(17-9-5-3-6-10-17)14-19(21(16)23)15-22-20-11-7-4-8-12-20;1-15-12-17(16-8-4-2-5-9-16)13-18(20(15)22)14-21-19-10-6-3-7-11-19;;;;;;;;;;;;/h2,5-6,9-10,13-17,24H,1,3-4,7-8,11-12H2;4,7-8,11-17,24H,3,5-6,9-10H2,1-2H3;4,7-8,11-15,17,23H,2-3,5-6,9-10H2,1H3;3,6-7,10-14,16,22H,2,4-5,8-9H2,1H3;8*1H;;;;/q;;;;;;;;;;;;4*+2/p-8. The fraction of sp³-hybridized carbons (Fsp3) is 0.388. The van der Waals surface area contributed by atoms with E-state index in [4.69, 9.17) is 74.4 Å². The van der Waals surface area contributed by atoms with Crippen LogP contribution < -0.4 is 0 Å². The van der Waals surface area contributed by atoms with Crippen LogP contribution in [0.15, 0.2) is 190 Å². The van der Waals surface area contributed by atoms with E-state index >= 15 is 0 Å². The molecule has 5 saturated carbocycles. The van der Waals surface area contributed by atoms with Crippen LogP contribution in [0.3, 0.4) is 0 Å². The number of aliphatic imine (C=N–C) groups is 4. The molecule has 0 amide bonds. The van der Waals surface area contributed by atoms with E-state index in [2.05, 4.69) is 89.3 Å². The molecule has 0 heterocycles. The summed E-state index contributed by atoms with van der Waals surface area (Å²) < 4.78 is 0. The van der Waals surface area contributed by atoms with Gasteiger partial charge in [-0.1, -0.05) is 195 Å². The van der Waals surface area contributed by atoms with Gasteiger partial charge in [0.1, 0.15) is 23.0 Å². The molecule has 8 nitrogen and oxygen atoms in total. The second-order valence-corrected chi connectivity index (χ2v) is 37.6. The van der Waals surface area contributed by atoms with Crippen LogP contribution in [0.4, 0.5) is 22.7 Å². The molecule has 13 rings (SSSR count). The monoisotopic (exact) mass is 1710 g/mol. The summed E-state index contributed by atoms with van der Waals surface area (Å²) in [5.41, 5.74) is 16.7. The minimum atomic E-state index is -0.556. The van der Waals surface area contributed by atoms with Crippen molar-refractivity contribution in [3.8, 4) is 23.0 Å². The van der Waals surface area contributed by atoms with Crippen LogP contribution in [0.2, 0.25) is 0 Å². The molecule has 556 valence electrons. The van der Waals surface area contributed by atoms with Gasteiger partial charge in [-0.05, 0) is 230 Å². The number of para-hydroxylation sites is 4. The number of aryl methyl sites for hydroxylation is 2. The predicted molar refractivity (Wildman–Crippen MR) is 438 cm³/mol. The summed E-state index contributed by atoms with van der Waals surface area (Å²) in [6.07, 6.45) is 36.6. The van der Waals surface area contributed by atoms with E-state index in [0.717, 1.165) is 73.7 Å². The van der Waals surface area contributed by atoms with Gasteiger partial charge in [0.05, 0.1) is 22.7 Å². The molecule has 105 heavy (non-hydrogen) atoms. The Bertz CT molecular complexity index is 3750. The zero-order valence-corrected chi connectivity index (χ0v) is 73.1. The van der Waals surface area contributed by atoms with Crippen molar-refractivity contribution < 1.29 is 88.6 Å². The van der Waals surface area contributed by atoms with Gasteiger partial charge in [-0.2, -0.15) is 0 Å². The van der Waals surface area contributed by atoms with Gasteiger partial charge in [-0.25, -0.2) is 0 Å². The molecule has 8 aromatic carbocycles. The summed E-state index contributed by atoms with van der Waals surface area (Å²) in [4.78, 5) is 18.1. The van der Waals surface area contributed by atoms with Crippen LogP contribution in [0.1, 0.15) is 264 Å². The molecule has 5 aliphatic carbocycles. The summed E-state index contributed by atoms with van der Waals surface area (Å²) in [6, 6.07) is 56.9. The maximum absolute atomic E-state index is 10.7. The van der Waals surface area contributed by atoms with Gasteiger partial charge in [0, 0.05) is 47.1 Å². The molecule has 0 aromatic heterocycles. The zero-order chi connectivity index (χ0) is 75.6. The topological polar surface area (TPSA) is 130 Å². The number of nitrogens with zero attached hydrogens (tertiary/aromatic N) is 4. The maximum atomic E-state index is 10.7. The third-order valence-electron chi connectivity index (χ3n) is 19.7. The first-order chi connectivity index (χ1) is 51.1. The van der Waals surface area contributed by atoms with E-state index in [-0.39, 0.29) is 0 Å². The summed E-state index contributed by atoms with van der Waals surface area (Å²) in [5.74, 6) is 4.96. The number of hydrogen-bond acceptors (Lipinski definition) is 8. The molecular weight excluding hydrogens is 1620 g/mol. The molecule has 0 saturated heterocycles. The number of benzene rings is 8. The molecule has 0 radical (unpaired) electrons. The molecule has 0 unspecified atom stereocenters. The van der Waals surface area contributed by atoms with Crippen LogP contribution in [0, 0.1) is 6.92 Å². The van der Waals surface area contributed by atoms with Crippen molar-refractivity contribution in [1.82, 2.24) is 0 Å². The van der Waals surface area contributed by atoms with Crippen LogP contribution in [-0.2, 0) is 74.5 Å². The van der Waals surface area contributed by atoms with Gasteiger partial charge in [0.25, 0.3) is 0 Å². The average Bonchev–Trinajstić information content (AvgIpc) is 1.53. The van der Waals surface area contributed by atoms with Crippen molar-refractivity contribution in [1.29, 1.82) is 0 Å². The molecule has 5 aliphatic rings. The number of halogens is 8. The number of aromatic hydroxyl groups is 4. The summed E-state index contributed by atoms with van der Waals surface area (Å²) in [7, 11) is 39.1. The van der Waals surface area contributed by atoms with E-state index in [1.807, 2.05) is 141 Å². The first kappa shape index (κ1) is 90.7. The number of phenols is 4. The normalized spacial score (nSPS) is 15.5. The Morgan fingerprint density at radius 2 is 0.619 bits per heavy atom. The fourth-order valence-corrected chi connectivity index (χ4v) is 14.1. The SMILES string of the molecule is CC(C)c1cc(C2CCCCC2)cc(C=Nc2ccccc2)c1O.CCc1cc(C2CCCCC2)cc(C=Nc2ccccc2)c1O.Cc1cc(C2CCCCC2)cc(C=Nc2ccccc2)c1O.Oc1c(C=Nc2ccccc2)cc(C2CCCCC2)cc1C1CC1.[Cl][Ti][Cl].[Cl][Ti][Cl].[Cl][Ti][Cl].[Cl][Ti][Cl]. The van der Waals surface area contributed by atoms with Crippen LogP contribution in [0.25, 0.3) is 0 Å². The summed E-state index contributed by atoms with van der Waals surface area (Å²) in [5, 5.41) is 42.2. The first-order valence-corrected chi connectivity index (χ1v) is 54.0. The van der Waals surface area contributed by atoms with Gasteiger partial charge in [-0.15, -0.1) is 0 Å². The van der Waals surface area contributed by atoms with Gasteiger partial charge in [0.2, 0.25) is 0 Å². The van der Waals surface area contributed by atoms with Gasteiger partial charge in [-0.3, -0.25) is 20.0 Å². The Hall–Kier alpha value is -3.18. The zero-order valence-electron chi connectivity index (χ0n) is 60.8. The van der Waals surface area contributed by atoms with Crippen molar-refractivity contribution in [3.63, 3.8) is 0 Å². The quantitative estimate of drug-likeness (QED) is 0.0601. The van der Waals surface area contributed by atoms with Crippen molar-refractivity contribution >= 4 is 122 Å². The van der Waals surface area contributed by atoms with Crippen molar-refractivity contribution in [3.05, 3.63) is 237 Å². The van der Waals surface area contributed by atoms with Crippen molar-refractivity contribution in [2.24, 2.45) is 20.0 Å². The Morgan fingerprint density at radius 3 is 0.924 bits per heavy atom. The molecule has 0 spiro atoms.